The van der Waals surface area contributed by atoms with Gasteiger partial charge in [0.15, 0.2) is 5.78 Å². The predicted octanol–water partition coefficient (Wildman–Crippen LogP) is 4.03. The van der Waals surface area contributed by atoms with Crippen molar-refractivity contribution in [2.24, 2.45) is 5.92 Å². The van der Waals surface area contributed by atoms with E-state index >= 15 is 0 Å². The van der Waals surface area contributed by atoms with Crippen molar-refractivity contribution in [3.8, 4) is 5.75 Å². The molecule has 1 aromatic carbocycles. The second-order valence-electron chi connectivity index (χ2n) is 6.51. The van der Waals surface area contributed by atoms with Crippen LogP contribution in [0.25, 0.3) is 0 Å². The van der Waals surface area contributed by atoms with E-state index in [0.29, 0.717) is 17.6 Å². The summed E-state index contributed by atoms with van der Waals surface area (Å²) in [5.41, 5.74) is 0.465. The molecule has 2 aliphatic rings. The first-order valence-corrected chi connectivity index (χ1v) is 7.95. The molecule has 3 nitrogen and oxygen atoms in total. The third kappa shape index (κ3) is 3.68. The lowest BCUT2D eigenvalue weighted by Gasteiger charge is -2.46. The fourth-order valence-electron chi connectivity index (χ4n) is 3.89. The number of hydrogen-bond acceptors (Lipinski definition) is 3. The van der Waals surface area contributed by atoms with Gasteiger partial charge in [0.05, 0.1) is 0 Å². The monoisotopic (exact) mass is 327 g/mol. The van der Waals surface area contributed by atoms with E-state index in [1.807, 2.05) is 0 Å². The molecule has 0 amide bonds. The van der Waals surface area contributed by atoms with Crippen molar-refractivity contribution < 1.29 is 22.7 Å². The lowest BCUT2D eigenvalue weighted by Crippen LogP contribution is -2.51. The van der Waals surface area contributed by atoms with Crippen LogP contribution < -0.4 is 4.74 Å². The molecule has 126 valence electrons. The van der Waals surface area contributed by atoms with Crippen molar-refractivity contribution in [3.63, 3.8) is 0 Å². The summed E-state index contributed by atoms with van der Waals surface area (Å²) in [5.74, 6) is -0.293. The summed E-state index contributed by atoms with van der Waals surface area (Å²) in [5, 5.41) is 0. The van der Waals surface area contributed by atoms with Crippen molar-refractivity contribution in [3.05, 3.63) is 29.8 Å². The van der Waals surface area contributed by atoms with Gasteiger partial charge < -0.3 is 9.64 Å². The van der Waals surface area contributed by atoms with Gasteiger partial charge in [-0.25, -0.2) is 0 Å². The highest BCUT2D eigenvalue weighted by Gasteiger charge is 2.38. The zero-order valence-electron chi connectivity index (χ0n) is 13.0. The zero-order chi connectivity index (χ0) is 16.6. The zero-order valence-corrected chi connectivity index (χ0v) is 13.0. The van der Waals surface area contributed by atoms with Gasteiger partial charge in [-0.3, -0.25) is 4.79 Å². The normalized spacial score (nSPS) is 28.4. The van der Waals surface area contributed by atoms with Gasteiger partial charge >= 0.3 is 6.36 Å². The summed E-state index contributed by atoms with van der Waals surface area (Å²) in [6.07, 6.45) is 0.421. The SMILES string of the molecule is CN1C2CCCC1CC(C(=O)c1ccc(OC(F)(F)F)cc1)C2. The maximum Gasteiger partial charge on any atom is 0.573 e. The van der Waals surface area contributed by atoms with Crippen molar-refractivity contribution in [1.82, 2.24) is 4.90 Å². The van der Waals surface area contributed by atoms with Gasteiger partial charge in [-0.1, -0.05) is 6.42 Å². The van der Waals surface area contributed by atoms with Gasteiger partial charge in [0.1, 0.15) is 5.75 Å². The number of alkyl halides is 3. The Balaban J connectivity index is 1.68. The van der Waals surface area contributed by atoms with Crippen molar-refractivity contribution >= 4 is 5.78 Å². The van der Waals surface area contributed by atoms with Crippen LogP contribution in [-0.2, 0) is 0 Å². The fourth-order valence-corrected chi connectivity index (χ4v) is 3.89. The highest BCUT2D eigenvalue weighted by Crippen LogP contribution is 2.37. The van der Waals surface area contributed by atoms with Crippen LogP contribution in [0.5, 0.6) is 5.75 Å². The lowest BCUT2D eigenvalue weighted by atomic mass is 9.76. The highest BCUT2D eigenvalue weighted by molar-refractivity contribution is 5.98. The molecule has 2 bridgehead atoms. The summed E-state index contributed by atoms with van der Waals surface area (Å²) in [4.78, 5) is 15.0. The van der Waals surface area contributed by atoms with Crippen LogP contribution in [0.15, 0.2) is 24.3 Å². The van der Waals surface area contributed by atoms with E-state index in [-0.39, 0.29) is 17.5 Å². The summed E-state index contributed by atoms with van der Waals surface area (Å²) in [6.45, 7) is 0. The molecule has 2 unspecified atom stereocenters. The van der Waals surface area contributed by atoms with Crippen LogP contribution in [0.2, 0.25) is 0 Å². The molecular weight excluding hydrogens is 307 g/mol. The minimum atomic E-state index is -4.71. The number of piperidine rings is 2. The van der Waals surface area contributed by atoms with Crippen molar-refractivity contribution in [2.75, 3.05) is 7.05 Å². The smallest absolute Gasteiger partial charge is 0.406 e. The molecule has 2 aliphatic heterocycles. The van der Waals surface area contributed by atoms with Gasteiger partial charge in [-0.2, -0.15) is 0 Å². The number of rotatable bonds is 3. The number of halogens is 3. The van der Waals surface area contributed by atoms with Crippen LogP contribution in [-0.4, -0.2) is 36.2 Å². The van der Waals surface area contributed by atoms with Gasteiger partial charge in [-0.05, 0) is 57.0 Å². The molecule has 2 heterocycles. The Morgan fingerprint density at radius 1 is 1.13 bits per heavy atom. The number of fused-ring (bicyclic) bond motifs is 2. The molecule has 0 spiro atoms. The first-order valence-electron chi connectivity index (χ1n) is 7.95. The number of hydrogen-bond donors (Lipinski definition) is 0. The summed E-state index contributed by atoms with van der Waals surface area (Å²) >= 11 is 0. The van der Waals surface area contributed by atoms with E-state index < -0.39 is 6.36 Å². The van der Waals surface area contributed by atoms with E-state index in [4.69, 9.17) is 0 Å². The van der Waals surface area contributed by atoms with Gasteiger partial charge in [0.2, 0.25) is 0 Å². The topological polar surface area (TPSA) is 29.5 Å². The minimum Gasteiger partial charge on any atom is -0.406 e. The Bertz CT molecular complexity index is 556. The Kier molecular flexibility index (Phi) is 4.36. The second kappa shape index (κ2) is 6.15. The molecule has 0 N–H and O–H groups in total. The number of carbonyl (C=O) groups excluding carboxylic acids is 1. The molecule has 23 heavy (non-hydrogen) atoms. The molecule has 3 rings (SSSR count). The first kappa shape index (κ1) is 16.3. The molecule has 0 radical (unpaired) electrons. The quantitative estimate of drug-likeness (QED) is 0.785. The van der Waals surface area contributed by atoms with Crippen LogP contribution in [0, 0.1) is 5.92 Å². The van der Waals surface area contributed by atoms with Crippen LogP contribution in [0.4, 0.5) is 13.2 Å². The van der Waals surface area contributed by atoms with Gasteiger partial charge in [0.25, 0.3) is 0 Å². The summed E-state index contributed by atoms with van der Waals surface area (Å²) < 4.78 is 40.3. The highest BCUT2D eigenvalue weighted by atomic mass is 19.4. The fraction of sp³-hybridized carbons (Fsp3) is 0.588. The van der Waals surface area contributed by atoms with Gasteiger partial charge in [-0.15, -0.1) is 13.2 Å². The molecular formula is C17H20F3NO2. The Morgan fingerprint density at radius 2 is 1.70 bits per heavy atom. The molecule has 1 aromatic rings. The molecule has 0 aromatic heterocycles. The second-order valence-corrected chi connectivity index (χ2v) is 6.51. The van der Waals surface area contributed by atoms with Crippen LogP contribution in [0.1, 0.15) is 42.5 Å². The Morgan fingerprint density at radius 3 is 2.22 bits per heavy atom. The van der Waals surface area contributed by atoms with Crippen LogP contribution in [0.3, 0.4) is 0 Å². The molecule has 0 aliphatic carbocycles. The van der Waals surface area contributed by atoms with E-state index in [9.17, 15) is 18.0 Å². The number of ether oxygens (including phenoxy) is 1. The van der Waals surface area contributed by atoms with Crippen LogP contribution >= 0.6 is 0 Å². The number of ketones is 1. The number of benzene rings is 1. The third-order valence-corrected chi connectivity index (χ3v) is 5.08. The molecule has 0 saturated carbocycles. The molecule has 2 fully saturated rings. The van der Waals surface area contributed by atoms with E-state index in [1.165, 1.54) is 30.7 Å². The lowest BCUT2D eigenvalue weighted by molar-refractivity contribution is -0.274. The first-order chi connectivity index (χ1) is 10.8. The van der Waals surface area contributed by atoms with Crippen molar-refractivity contribution in [2.45, 2.75) is 50.6 Å². The standard InChI is InChI=1S/C17H20F3NO2/c1-21-13-3-2-4-14(21)10-12(9-13)16(22)11-5-7-15(8-6-11)23-17(18,19)20/h5-8,12-14H,2-4,9-10H2,1H3. The maximum atomic E-state index is 12.7. The summed E-state index contributed by atoms with van der Waals surface area (Å²) in [6, 6.07) is 6.16. The molecule has 2 saturated heterocycles. The predicted molar refractivity (Wildman–Crippen MR) is 79.4 cm³/mol. The minimum absolute atomic E-state index is 0.0316. The molecule has 6 heteroatoms. The average Bonchev–Trinajstić information content (AvgIpc) is 2.45. The van der Waals surface area contributed by atoms with Crippen molar-refractivity contribution in [1.29, 1.82) is 0 Å². The van der Waals surface area contributed by atoms with E-state index in [1.54, 1.807) is 0 Å². The van der Waals surface area contributed by atoms with E-state index in [0.717, 1.165) is 25.7 Å². The largest absolute Gasteiger partial charge is 0.573 e. The van der Waals surface area contributed by atoms with E-state index in [2.05, 4.69) is 16.7 Å². The maximum absolute atomic E-state index is 12.7. The Hall–Kier alpha value is -1.56. The number of Topliss-reactive ketones (excluding diaryl/α,β-unsaturated/α-hetero) is 1. The average molecular weight is 327 g/mol. The number of nitrogens with zero attached hydrogens (tertiary/aromatic N) is 1. The van der Waals surface area contributed by atoms with Gasteiger partial charge in [0, 0.05) is 23.6 Å². The number of carbonyl (C=O) groups is 1. The Labute approximate surface area is 133 Å². The molecule has 2 atom stereocenters. The third-order valence-electron chi connectivity index (χ3n) is 5.08. The summed E-state index contributed by atoms with van der Waals surface area (Å²) in [7, 11) is 2.12.